The highest BCUT2D eigenvalue weighted by atomic mass is 16.5. The predicted molar refractivity (Wildman–Crippen MR) is 135 cm³/mol. The number of rotatable bonds is 8. The van der Waals surface area contributed by atoms with Crippen LogP contribution in [-0.2, 0) is 6.54 Å². The Labute approximate surface area is 205 Å². The number of carbonyl (C=O) groups is 2. The molecule has 9 nitrogen and oxygen atoms in total. The molecule has 2 aromatic carbocycles. The molecular weight excluding hydrogens is 446 g/mol. The monoisotopic (exact) mass is 479 g/mol. The van der Waals surface area contributed by atoms with Gasteiger partial charge in [-0.2, -0.15) is 0 Å². The minimum Gasteiger partial charge on any atom is -0.492 e. The Hall–Kier alpha value is -3.59. The van der Waals surface area contributed by atoms with Gasteiger partial charge in [0.25, 0.3) is 5.91 Å². The zero-order valence-corrected chi connectivity index (χ0v) is 20.6. The van der Waals surface area contributed by atoms with Crippen LogP contribution in [0.1, 0.15) is 37.0 Å². The highest BCUT2D eigenvalue weighted by Gasteiger charge is 2.23. The Kier molecular flexibility index (Phi) is 7.87. The first-order chi connectivity index (χ1) is 17.0. The third-order valence-corrected chi connectivity index (χ3v) is 6.18. The van der Waals surface area contributed by atoms with Gasteiger partial charge < -0.3 is 24.3 Å². The van der Waals surface area contributed by atoms with Crippen molar-refractivity contribution in [1.82, 2.24) is 19.7 Å². The summed E-state index contributed by atoms with van der Waals surface area (Å²) in [6.07, 6.45) is 0. The van der Waals surface area contributed by atoms with E-state index >= 15 is 0 Å². The molecule has 0 saturated carbocycles. The number of nitrogens with zero attached hydrogens (tertiary/aromatic N) is 4. The fourth-order valence-electron chi connectivity index (χ4n) is 4.22. The summed E-state index contributed by atoms with van der Waals surface area (Å²) in [4.78, 5) is 35.8. The zero-order valence-electron chi connectivity index (χ0n) is 20.6. The number of ether oxygens (including phenoxy) is 1. The standard InChI is InChI=1S/C26H33N5O4/c1-4-30(5-2)25(32)19-11-12-23-21(17-19)27-24(35-23)18-29-13-15-31(16-14-29)26(33)28-20-9-7-8-10-22(20)34-6-3/h7-12,17H,4-6,13-16,18H2,1-3H3,(H,28,33). The van der Waals surface area contributed by atoms with Crippen LogP contribution < -0.4 is 10.1 Å². The third-order valence-electron chi connectivity index (χ3n) is 6.18. The molecule has 0 bridgehead atoms. The van der Waals surface area contributed by atoms with E-state index in [1.807, 2.05) is 51.1 Å². The Morgan fingerprint density at radius 1 is 1.06 bits per heavy atom. The molecule has 35 heavy (non-hydrogen) atoms. The molecule has 1 aliphatic rings. The molecule has 1 aliphatic heterocycles. The first-order valence-electron chi connectivity index (χ1n) is 12.2. The summed E-state index contributed by atoms with van der Waals surface area (Å²) in [7, 11) is 0. The van der Waals surface area contributed by atoms with Crippen molar-refractivity contribution in [1.29, 1.82) is 0 Å². The molecule has 3 aromatic rings. The quantitative estimate of drug-likeness (QED) is 0.524. The van der Waals surface area contributed by atoms with Crippen LogP contribution in [0.2, 0.25) is 0 Å². The molecule has 0 spiro atoms. The molecule has 0 unspecified atom stereocenters. The normalized spacial score (nSPS) is 14.2. The maximum Gasteiger partial charge on any atom is 0.322 e. The summed E-state index contributed by atoms with van der Waals surface area (Å²) in [6.45, 7) is 10.9. The van der Waals surface area contributed by atoms with Gasteiger partial charge in [-0.3, -0.25) is 9.69 Å². The number of anilines is 1. The summed E-state index contributed by atoms with van der Waals surface area (Å²) >= 11 is 0. The number of amides is 3. The fraction of sp³-hybridized carbons (Fsp3) is 0.423. The number of urea groups is 1. The van der Waals surface area contributed by atoms with Crippen LogP contribution >= 0.6 is 0 Å². The van der Waals surface area contributed by atoms with Gasteiger partial charge in [-0.15, -0.1) is 0 Å². The first-order valence-corrected chi connectivity index (χ1v) is 12.2. The lowest BCUT2D eigenvalue weighted by atomic mass is 10.2. The molecule has 186 valence electrons. The van der Waals surface area contributed by atoms with E-state index < -0.39 is 0 Å². The molecule has 0 radical (unpaired) electrons. The van der Waals surface area contributed by atoms with Crippen molar-refractivity contribution >= 4 is 28.7 Å². The van der Waals surface area contributed by atoms with E-state index in [2.05, 4.69) is 15.2 Å². The number of piperazine rings is 1. The summed E-state index contributed by atoms with van der Waals surface area (Å²) in [6, 6.07) is 12.7. The van der Waals surface area contributed by atoms with Crippen molar-refractivity contribution in [2.75, 3.05) is 51.2 Å². The molecule has 0 atom stereocenters. The highest BCUT2D eigenvalue weighted by Crippen LogP contribution is 2.24. The maximum absolute atomic E-state index is 12.8. The van der Waals surface area contributed by atoms with E-state index in [0.29, 0.717) is 86.4 Å². The molecule has 1 saturated heterocycles. The van der Waals surface area contributed by atoms with Crippen molar-refractivity contribution in [2.45, 2.75) is 27.3 Å². The van der Waals surface area contributed by atoms with Crippen LogP contribution in [0.3, 0.4) is 0 Å². The molecule has 0 aliphatic carbocycles. The lowest BCUT2D eigenvalue weighted by Gasteiger charge is -2.34. The lowest BCUT2D eigenvalue weighted by Crippen LogP contribution is -2.49. The van der Waals surface area contributed by atoms with Crippen LogP contribution in [0.5, 0.6) is 5.75 Å². The first kappa shape index (κ1) is 24.5. The zero-order chi connectivity index (χ0) is 24.8. The number of carbonyl (C=O) groups excluding carboxylic acids is 2. The second kappa shape index (κ2) is 11.2. The smallest absolute Gasteiger partial charge is 0.322 e. The average Bonchev–Trinajstić information content (AvgIpc) is 3.28. The van der Waals surface area contributed by atoms with Gasteiger partial charge in [-0.25, -0.2) is 9.78 Å². The molecule has 1 fully saturated rings. The van der Waals surface area contributed by atoms with Crippen LogP contribution in [0.25, 0.3) is 11.1 Å². The third kappa shape index (κ3) is 5.74. The molecule has 3 amide bonds. The predicted octanol–water partition coefficient (Wildman–Crippen LogP) is 4.06. The van der Waals surface area contributed by atoms with E-state index in [-0.39, 0.29) is 11.9 Å². The second-order valence-corrected chi connectivity index (χ2v) is 8.39. The van der Waals surface area contributed by atoms with E-state index in [4.69, 9.17) is 9.15 Å². The summed E-state index contributed by atoms with van der Waals surface area (Å²) in [5, 5.41) is 2.96. The van der Waals surface area contributed by atoms with Gasteiger partial charge in [-0.1, -0.05) is 12.1 Å². The Morgan fingerprint density at radius 2 is 1.80 bits per heavy atom. The van der Waals surface area contributed by atoms with Crippen LogP contribution in [-0.4, -0.2) is 77.5 Å². The number of aromatic nitrogens is 1. The van der Waals surface area contributed by atoms with Gasteiger partial charge in [0, 0.05) is 44.8 Å². The van der Waals surface area contributed by atoms with Crippen molar-refractivity contribution in [2.24, 2.45) is 0 Å². The van der Waals surface area contributed by atoms with E-state index in [9.17, 15) is 9.59 Å². The van der Waals surface area contributed by atoms with Crippen molar-refractivity contribution < 1.29 is 18.7 Å². The number of benzene rings is 2. The van der Waals surface area contributed by atoms with Gasteiger partial charge in [-0.05, 0) is 51.1 Å². The van der Waals surface area contributed by atoms with Crippen LogP contribution in [0, 0.1) is 0 Å². The number of para-hydroxylation sites is 2. The summed E-state index contributed by atoms with van der Waals surface area (Å²) in [5.41, 5.74) is 2.64. The molecule has 4 rings (SSSR count). The van der Waals surface area contributed by atoms with Gasteiger partial charge >= 0.3 is 6.03 Å². The van der Waals surface area contributed by atoms with Crippen LogP contribution in [0.4, 0.5) is 10.5 Å². The minimum atomic E-state index is -0.135. The topological polar surface area (TPSA) is 91.2 Å². The number of hydrogen-bond acceptors (Lipinski definition) is 6. The Bertz CT molecular complexity index is 1170. The second-order valence-electron chi connectivity index (χ2n) is 8.39. The molecule has 1 aromatic heterocycles. The minimum absolute atomic E-state index is 0.000251. The largest absolute Gasteiger partial charge is 0.492 e. The van der Waals surface area contributed by atoms with Crippen LogP contribution in [0.15, 0.2) is 46.9 Å². The van der Waals surface area contributed by atoms with Crippen molar-refractivity contribution in [3.05, 3.63) is 53.9 Å². The molecular formula is C26H33N5O4. The number of oxazole rings is 1. The maximum atomic E-state index is 12.8. The Morgan fingerprint density at radius 3 is 2.51 bits per heavy atom. The fourth-order valence-corrected chi connectivity index (χ4v) is 4.22. The van der Waals surface area contributed by atoms with Crippen molar-refractivity contribution in [3.8, 4) is 5.75 Å². The molecule has 1 N–H and O–H groups in total. The van der Waals surface area contributed by atoms with Gasteiger partial charge in [0.15, 0.2) is 5.58 Å². The number of hydrogen-bond donors (Lipinski definition) is 1. The van der Waals surface area contributed by atoms with Gasteiger partial charge in [0.1, 0.15) is 11.3 Å². The van der Waals surface area contributed by atoms with Gasteiger partial charge in [0.05, 0.1) is 18.8 Å². The average molecular weight is 480 g/mol. The number of fused-ring (bicyclic) bond motifs is 1. The summed E-state index contributed by atoms with van der Waals surface area (Å²) in [5.74, 6) is 1.27. The molecule has 2 heterocycles. The number of nitrogens with one attached hydrogen (secondary N) is 1. The van der Waals surface area contributed by atoms with E-state index in [1.165, 1.54) is 0 Å². The highest BCUT2D eigenvalue weighted by molar-refractivity contribution is 5.97. The molecule has 9 heteroatoms. The lowest BCUT2D eigenvalue weighted by molar-refractivity contribution is 0.0773. The summed E-state index contributed by atoms with van der Waals surface area (Å²) < 4.78 is 11.5. The van der Waals surface area contributed by atoms with E-state index in [1.54, 1.807) is 21.9 Å². The van der Waals surface area contributed by atoms with E-state index in [0.717, 1.165) is 0 Å². The SMILES string of the molecule is CCOc1ccccc1NC(=O)N1CCN(Cc2nc3cc(C(=O)N(CC)CC)ccc3o2)CC1. The Balaban J connectivity index is 1.33. The van der Waals surface area contributed by atoms with Crippen molar-refractivity contribution in [3.63, 3.8) is 0 Å². The van der Waals surface area contributed by atoms with Gasteiger partial charge in [0.2, 0.25) is 5.89 Å².